The van der Waals surface area contributed by atoms with Crippen molar-refractivity contribution in [2.75, 3.05) is 20.3 Å². The molecule has 0 heterocycles. The second-order valence-electron chi connectivity index (χ2n) is 6.44. The summed E-state index contributed by atoms with van der Waals surface area (Å²) < 4.78 is 5.25. The van der Waals surface area contributed by atoms with Gasteiger partial charge in [0.05, 0.1) is 6.61 Å². The van der Waals surface area contributed by atoms with Gasteiger partial charge < -0.3 is 10.1 Å². The van der Waals surface area contributed by atoms with Crippen LogP contribution in [0.5, 0.6) is 0 Å². The molecule has 1 N–H and O–H groups in total. The fourth-order valence-electron chi connectivity index (χ4n) is 2.57. The first-order valence-electron chi connectivity index (χ1n) is 8.94. The molecule has 20 heavy (non-hydrogen) atoms. The minimum absolute atomic E-state index is 0.513. The highest BCUT2D eigenvalue weighted by molar-refractivity contribution is 4.69. The van der Waals surface area contributed by atoms with E-state index in [0.29, 0.717) is 12.0 Å². The Morgan fingerprint density at radius 1 is 0.800 bits per heavy atom. The Labute approximate surface area is 128 Å². The average Bonchev–Trinajstić information content (AvgIpc) is 2.43. The molecule has 0 rings (SSSR count). The molecule has 0 saturated heterocycles. The number of hydrogen-bond acceptors (Lipinski definition) is 2. The third-order valence-electron chi connectivity index (χ3n) is 4.09. The fraction of sp³-hybridized carbons (Fsp3) is 1.00. The summed E-state index contributed by atoms with van der Waals surface area (Å²) >= 11 is 0. The minimum atomic E-state index is 0.513. The van der Waals surface area contributed by atoms with E-state index in [9.17, 15) is 0 Å². The van der Waals surface area contributed by atoms with Crippen molar-refractivity contribution in [3.05, 3.63) is 0 Å². The Bertz CT molecular complexity index is 182. The summed E-state index contributed by atoms with van der Waals surface area (Å²) in [6, 6.07) is 0.513. The first-order chi connectivity index (χ1) is 9.72. The monoisotopic (exact) mass is 285 g/mol. The Kier molecular flexibility index (Phi) is 15.3. The largest absolute Gasteiger partial charge is 0.383 e. The zero-order valence-electron chi connectivity index (χ0n) is 14.5. The molecule has 0 aromatic carbocycles. The van der Waals surface area contributed by atoms with Gasteiger partial charge >= 0.3 is 0 Å². The molecule has 122 valence electrons. The predicted molar refractivity (Wildman–Crippen MR) is 90.3 cm³/mol. The van der Waals surface area contributed by atoms with E-state index in [1.165, 1.54) is 64.2 Å². The number of hydrogen-bond donors (Lipinski definition) is 1. The first-order valence-corrected chi connectivity index (χ1v) is 8.94. The molecular formula is C18H39NO. The van der Waals surface area contributed by atoms with Gasteiger partial charge in [-0.3, -0.25) is 0 Å². The van der Waals surface area contributed by atoms with Crippen molar-refractivity contribution < 1.29 is 4.74 Å². The Morgan fingerprint density at radius 3 is 1.75 bits per heavy atom. The van der Waals surface area contributed by atoms with Gasteiger partial charge in [-0.25, -0.2) is 0 Å². The zero-order valence-corrected chi connectivity index (χ0v) is 14.5. The van der Waals surface area contributed by atoms with Gasteiger partial charge in [0.1, 0.15) is 0 Å². The Morgan fingerprint density at radius 2 is 1.30 bits per heavy atom. The fourth-order valence-corrected chi connectivity index (χ4v) is 2.57. The molecule has 0 spiro atoms. The van der Waals surface area contributed by atoms with Gasteiger partial charge in [0, 0.05) is 13.2 Å². The van der Waals surface area contributed by atoms with Gasteiger partial charge in [-0.05, 0) is 18.9 Å². The van der Waals surface area contributed by atoms with Crippen LogP contribution in [-0.4, -0.2) is 26.3 Å². The van der Waals surface area contributed by atoms with Crippen molar-refractivity contribution in [2.45, 2.75) is 91.0 Å². The van der Waals surface area contributed by atoms with Gasteiger partial charge in [0.2, 0.25) is 0 Å². The normalized spacial score (nSPS) is 13.1. The number of unbranched alkanes of at least 4 members (excludes halogenated alkanes) is 9. The van der Waals surface area contributed by atoms with Crippen LogP contribution < -0.4 is 5.32 Å². The van der Waals surface area contributed by atoms with Gasteiger partial charge in [-0.2, -0.15) is 0 Å². The summed E-state index contributed by atoms with van der Waals surface area (Å²) in [6.07, 6.45) is 14.1. The van der Waals surface area contributed by atoms with Crippen LogP contribution in [0.1, 0.15) is 85.0 Å². The molecule has 2 heteroatoms. The quantitative estimate of drug-likeness (QED) is 0.419. The lowest BCUT2D eigenvalue weighted by Crippen LogP contribution is -2.38. The lowest BCUT2D eigenvalue weighted by Gasteiger charge is -2.21. The lowest BCUT2D eigenvalue weighted by atomic mass is 10.0. The molecular weight excluding hydrogens is 246 g/mol. The molecule has 0 aliphatic carbocycles. The summed E-state index contributed by atoms with van der Waals surface area (Å²) in [5.74, 6) is 0.651. The van der Waals surface area contributed by atoms with Crippen molar-refractivity contribution in [3.8, 4) is 0 Å². The van der Waals surface area contributed by atoms with Gasteiger partial charge in [-0.1, -0.05) is 78.6 Å². The summed E-state index contributed by atoms with van der Waals surface area (Å²) in [5.41, 5.74) is 0. The van der Waals surface area contributed by atoms with E-state index < -0.39 is 0 Å². The van der Waals surface area contributed by atoms with E-state index >= 15 is 0 Å². The van der Waals surface area contributed by atoms with Crippen LogP contribution in [0, 0.1) is 5.92 Å². The molecule has 0 aliphatic heterocycles. The number of nitrogens with one attached hydrogen (secondary N) is 1. The Hall–Kier alpha value is -0.0800. The SMILES string of the molecule is CCCCCCCCCCCCNC(COC)C(C)C. The molecule has 0 saturated carbocycles. The summed E-state index contributed by atoms with van der Waals surface area (Å²) in [4.78, 5) is 0. The van der Waals surface area contributed by atoms with Crippen molar-refractivity contribution in [1.29, 1.82) is 0 Å². The van der Waals surface area contributed by atoms with Crippen LogP contribution in [0.15, 0.2) is 0 Å². The number of methoxy groups -OCH3 is 1. The molecule has 0 amide bonds. The highest BCUT2D eigenvalue weighted by Gasteiger charge is 2.11. The molecule has 1 atom stereocenters. The molecule has 1 unspecified atom stereocenters. The van der Waals surface area contributed by atoms with Gasteiger partial charge in [0.25, 0.3) is 0 Å². The van der Waals surface area contributed by atoms with E-state index in [2.05, 4.69) is 26.1 Å². The highest BCUT2D eigenvalue weighted by atomic mass is 16.5. The maximum atomic E-state index is 5.25. The molecule has 0 fully saturated rings. The first kappa shape index (κ1) is 19.9. The van der Waals surface area contributed by atoms with E-state index in [0.717, 1.165) is 13.2 Å². The Balaban J connectivity index is 3.23. The summed E-state index contributed by atoms with van der Waals surface area (Å²) in [5, 5.41) is 3.62. The van der Waals surface area contributed by atoms with E-state index in [1.807, 2.05) is 0 Å². The third kappa shape index (κ3) is 12.9. The molecule has 0 aliphatic rings. The van der Waals surface area contributed by atoms with Crippen LogP contribution in [0.3, 0.4) is 0 Å². The molecule has 0 aromatic rings. The molecule has 0 aromatic heterocycles. The third-order valence-corrected chi connectivity index (χ3v) is 4.09. The second-order valence-corrected chi connectivity index (χ2v) is 6.44. The van der Waals surface area contributed by atoms with Crippen LogP contribution in [0.2, 0.25) is 0 Å². The number of ether oxygens (including phenoxy) is 1. The standard InChI is InChI=1S/C18H39NO/c1-5-6-7-8-9-10-11-12-13-14-15-19-18(16-20-4)17(2)3/h17-19H,5-16H2,1-4H3. The lowest BCUT2D eigenvalue weighted by molar-refractivity contribution is 0.147. The van der Waals surface area contributed by atoms with Gasteiger partial charge in [-0.15, -0.1) is 0 Å². The van der Waals surface area contributed by atoms with Crippen molar-refractivity contribution in [1.82, 2.24) is 5.32 Å². The number of rotatable bonds is 15. The summed E-state index contributed by atoms with van der Waals surface area (Å²) in [6.45, 7) is 8.77. The van der Waals surface area contributed by atoms with Crippen molar-refractivity contribution in [2.24, 2.45) is 5.92 Å². The van der Waals surface area contributed by atoms with E-state index in [4.69, 9.17) is 4.74 Å². The van der Waals surface area contributed by atoms with Crippen LogP contribution >= 0.6 is 0 Å². The maximum absolute atomic E-state index is 5.25. The smallest absolute Gasteiger partial charge is 0.0618 e. The molecule has 0 radical (unpaired) electrons. The average molecular weight is 286 g/mol. The second kappa shape index (κ2) is 15.3. The highest BCUT2D eigenvalue weighted by Crippen LogP contribution is 2.10. The maximum Gasteiger partial charge on any atom is 0.0618 e. The van der Waals surface area contributed by atoms with Crippen LogP contribution in [0.4, 0.5) is 0 Å². The topological polar surface area (TPSA) is 21.3 Å². The predicted octanol–water partition coefficient (Wildman–Crippen LogP) is 5.17. The zero-order chi connectivity index (χ0) is 15.1. The summed E-state index contributed by atoms with van der Waals surface area (Å²) in [7, 11) is 1.79. The van der Waals surface area contributed by atoms with Gasteiger partial charge in [0.15, 0.2) is 0 Å². The van der Waals surface area contributed by atoms with Crippen LogP contribution in [0.25, 0.3) is 0 Å². The molecule has 0 bridgehead atoms. The minimum Gasteiger partial charge on any atom is -0.383 e. The van der Waals surface area contributed by atoms with E-state index in [-0.39, 0.29) is 0 Å². The molecule has 2 nitrogen and oxygen atoms in total. The van der Waals surface area contributed by atoms with Crippen LogP contribution in [-0.2, 0) is 4.74 Å². The van der Waals surface area contributed by atoms with E-state index in [1.54, 1.807) is 7.11 Å². The van der Waals surface area contributed by atoms with Crippen molar-refractivity contribution in [3.63, 3.8) is 0 Å². The van der Waals surface area contributed by atoms with Crippen molar-refractivity contribution >= 4 is 0 Å².